The number of ether oxygens (including phenoxy) is 1. The molecule has 0 N–H and O–H groups in total. The van der Waals surface area contributed by atoms with Crippen LogP contribution in [-0.2, 0) is 4.74 Å². The Morgan fingerprint density at radius 1 is 1.39 bits per heavy atom. The van der Waals surface area contributed by atoms with E-state index >= 15 is 8.78 Å². The number of fused-ring (bicyclic) bond motifs is 2. The van der Waals surface area contributed by atoms with Gasteiger partial charge in [-0.25, -0.2) is 18.5 Å². The lowest BCUT2D eigenvalue weighted by molar-refractivity contribution is -0.173. The van der Waals surface area contributed by atoms with Crippen LogP contribution in [0.4, 0.5) is 13.6 Å². The van der Waals surface area contributed by atoms with Gasteiger partial charge in [-0.3, -0.25) is 4.90 Å². The van der Waals surface area contributed by atoms with Crippen molar-refractivity contribution in [2.45, 2.75) is 63.8 Å². The minimum absolute atomic E-state index is 0.0554. The molecule has 0 spiro atoms. The Kier molecular flexibility index (Phi) is 4.35. The van der Waals surface area contributed by atoms with Gasteiger partial charge >= 0.3 is 6.09 Å². The van der Waals surface area contributed by atoms with Crippen molar-refractivity contribution < 1.29 is 18.3 Å². The first-order valence-electron chi connectivity index (χ1n) is 7.86. The molecule has 130 valence electrons. The lowest BCUT2D eigenvalue weighted by Crippen LogP contribution is -2.70. The van der Waals surface area contributed by atoms with Crippen LogP contribution in [0.2, 0.25) is 0 Å². The molecule has 2 fully saturated rings. The van der Waals surface area contributed by atoms with Crippen LogP contribution in [0.5, 0.6) is 0 Å². The summed E-state index contributed by atoms with van der Waals surface area (Å²) in [6.45, 7) is 14.5. The fourth-order valence-corrected chi connectivity index (χ4v) is 3.66. The van der Waals surface area contributed by atoms with E-state index in [-0.39, 0.29) is 19.4 Å². The molecule has 0 saturated carbocycles. The largest absolute Gasteiger partial charge is 0.444 e. The molecule has 0 aliphatic carbocycles. The number of rotatable bonds is 3. The summed E-state index contributed by atoms with van der Waals surface area (Å²) in [7, 11) is 0. The van der Waals surface area contributed by atoms with Crippen molar-refractivity contribution in [2.24, 2.45) is 0 Å². The molecule has 0 aromatic carbocycles. The van der Waals surface area contributed by atoms with E-state index in [1.54, 1.807) is 38.7 Å². The predicted octanol–water partition coefficient (Wildman–Crippen LogP) is 3.80. The Balaban J connectivity index is 2.43. The Morgan fingerprint density at radius 2 is 2.00 bits per heavy atom. The van der Waals surface area contributed by atoms with E-state index in [2.05, 4.69) is 13.2 Å². The van der Waals surface area contributed by atoms with Crippen LogP contribution in [0.3, 0.4) is 0 Å². The molecule has 0 aromatic heterocycles. The molecule has 0 radical (unpaired) electrons. The number of hydrogen-bond donors (Lipinski definition) is 0. The number of hydrogen-bond acceptors (Lipinski definition) is 3. The van der Waals surface area contributed by atoms with Gasteiger partial charge in [-0.2, -0.15) is 0 Å². The van der Waals surface area contributed by atoms with Crippen LogP contribution >= 0.6 is 0 Å². The molecule has 6 heteroatoms. The first kappa shape index (κ1) is 17.9. The summed E-state index contributed by atoms with van der Waals surface area (Å²) in [6, 6.07) is -0.778. The first-order valence-corrected chi connectivity index (χ1v) is 7.86. The van der Waals surface area contributed by atoms with Gasteiger partial charge in [0.2, 0.25) is 11.6 Å². The van der Waals surface area contributed by atoms with Gasteiger partial charge < -0.3 is 4.74 Å². The van der Waals surface area contributed by atoms with Crippen LogP contribution in [-0.4, -0.2) is 52.2 Å². The number of piperazine rings is 1. The number of amides is 1. The van der Waals surface area contributed by atoms with Crippen molar-refractivity contribution in [1.82, 2.24) is 9.80 Å². The van der Waals surface area contributed by atoms with Gasteiger partial charge in [-0.05, 0) is 27.7 Å². The van der Waals surface area contributed by atoms with Crippen molar-refractivity contribution in [1.29, 1.82) is 0 Å². The zero-order valence-corrected chi connectivity index (χ0v) is 14.4. The lowest BCUT2D eigenvalue weighted by atomic mass is 9.94. The van der Waals surface area contributed by atoms with E-state index in [1.807, 2.05) is 0 Å². The molecular weight excluding hydrogens is 302 g/mol. The van der Waals surface area contributed by atoms with Crippen LogP contribution < -0.4 is 0 Å². The van der Waals surface area contributed by atoms with E-state index in [9.17, 15) is 4.79 Å². The zero-order chi connectivity index (χ0) is 17.6. The minimum atomic E-state index is -2.16. The van der Waals surface area contributed by atoms with Gasteiger partial charge in [0.05, 0.1) is 12.6 Å². The smallest absolute Gasteiger partial charge is 0.415 e. The molecule has 4 nitrogen and oxygen atoms in total. The van der Waals surface area contributed by atoms with Crippen molar-refractivity contribution in [3.63, 3.8) is 0 Å². The van der Waals surface area contributed by atoms with E-state index in [4.69, 9.17) is 4.74 Å². The molecule has 0 aromatic rings. The first-order chi connectivity index (χ1) is 10.4. The summed E-state index contributed by atoms with van der Waals surface area (Å²) in [5, 5.41) is 0. The fraction of sp³-hybridized carbons (Fsp3) is 0.706. The van der Waals surface area contributed by atoms with E-state index in [1.165, 1.54) is 0 Å². The number of nitrogens with zero attached hydrogens (tertiary/aromatic N) is 2. The maximum absolute atomic E-state index is 15.8. The number of likely N-dealkylation sites (tertiary alicyclic amines) is 1. The van der Waals surface area contributed by atoms with Crippen molar-refractivity contribution in [3.05, 3.63) is 24.8 Å². The standard InChI is InChI=1S/C17H26F2N2O2/c1-7-10-20-11-16(18)8-9-17(19,13(20)12(2)3)21(16)14(22)23-15(4,5)6/h7,13H,1-2,8-11H2,3-6H3/t13-,16+,17-/m0/s1. The second-order valence-electron chi connectivity index (χ2n) is 7.52. The molecule has 2 rings (SSSR count). The molecular formula is C17H26F2N2O2. The molecule has 0 unspecified atom stereocenters. The van der Waals surface area contributed by atoms with E-state index in [0.717, 1.165) is 0 Å². The van der Waals surface area contributed by atoms with Gasteiger partial charge in [-0.15, -0.1) is 6.58 Å². The molecule has 23 heavy (non-hydrogen) atoms. The Bertz CT molecular complexity index is 531. The van der Waals surface area contributed by atoms with Gasteiger partial charge in [0.25, 0.3) is 0 Å². The maximum Gasteiger partial charge on any atom is 0.415 e. The van der Waals surface area contributed by atoms with Gasteiger partial charge in [0, 0.05) is 19.4 Å². The summed E-state index contributed by atoms with van der Waals surface area (Å²) < 4.78 is 36.4. The molecule has 2 heterocycles. The topological polar surface area (TPSA) is 32.8 Å². The van der Waals surface area contributed by atoms with Crippen LogP contribution in [0, 0.1) is 0 Å². The Hall–Kier alpha value is -1.43. The van der Waals surface area contributed by atoms with Gasteiger partial charge in [0.1, 0.15) is 5.60 Å². The van der Waals surface area contributed by atoms with Crippen molar-refractivity contribution in [3.8, 4) is 0 Å². The molecule has 2 aliphatic heterocycles. The summed E-state index contributed by atoms with van der Waals surface area (Å²) in [5.74, 6) is -4.24. The molecule has 2 saturated heterocycles. The molecule has 3 atom stereocenters. The maximum atomic E-state index is 15.8. The highest BCUT2D eigenvalue weighted by Gasteiger charge is 2.68. The summed E-state index contributed by atoms with van der Waals surface area (Å²) in [5.41, 5.74) is -0.271. The molecule has 2 aliphatic rings. The summed E-state index contributed by atoms with van der Waals surface area (Å²) in [6.07, 6.45) is 0.517. The number of alkyl halides is 2. The average molecular weight is 328 g/mol. The predicted molar refractivity (Wildman–Crippen MR) is 85.4 cm³/mol. The Labute approximate surface area is 136 Å². The highest BCUT2D eigenvalue weighted by Crippen LogP contribution is 2.52. The van der Waals surface area contributed by atoms with E-state index in [0.29, 0.717) is 17.0 Å². The van der Waals surface area contributed by atoms with Crippen LogP contribution in [0.15, 0.2) is 24.8 Å². The number of carbonyl (C=O) groups is 1. The number of halogens is 2. The van der Waals surface area contributed by atoms with E-state index < -0.39 is 29.3 Å². The zero-order valence-electron chi connectivity index (χ0n) is 14.4. The third kappa shape index (κ3) is 3.01. The molecule has 2 bridgehead atoms. The SMILES string of the molecule is C=CCN1C[C@@]2(F)CC[C@@](F)([C@@H]1C(=C)C)N2C(=O)OC(C)(C)C. The summed E-state index contributed by atoms with van der Waals surface area (Å²) in [4.78, 5) is 14.8. The molecule has 1 amide bonds. The van der Waals surface area contributed by atoms with Crippen LogP contribution in [0.1, 0.15) is 40.5 Å². The second kappa shape index (κ2) is 5.58. The van der Waals surface area contributed by atoms with Crippen molar-refractivity contribution in [2.75, 3.05) is 13.1 Å². The average Bonchev–Trinajstić information content (AvgIpc) is 2.52. The third-order valence-corrected chi connectivity index (χ3v) is 4.27. The van der Waals surface area contributed by atoms with Crippen LogP contribution in [0.25, 0.3) is 0 Å². The Morgan fingerprint density at radius 3 is 2.48 bits per heavy atom. The second-order valence-corrected chi connectivity index (χ2v) is 7.52. The summed E-state index contributed by atoms with van der Waals surface area (Å²) >= 11 is 0. The van der Waals surface area contributed by atoms with Crippen molar-refractivity contribution >= 4 is 6.09 Å². The normalized spacial score (nSPS) is 34.3. The fourth-order valence-electron chi connectivity index (χ4n) is 3.66. The van der Waals surface area contributed by atoms with Gasteiger partial charge in [0.15, 0.2) is 0 Å². The third-order valence-electron chi connectivity index (χ3n) is 4.27. The minimum Gasteiger partial charge on any atom is -0.444 e. The lowest BCUT2D eigenvalue weighted by Gasteiger charge is -2.52. The number of carbonyl (C=O) groups excluding carboxylic acids is 1. The quantitative estimate of drug-likeness (QED) is 0.584. The highest BCUT2D eigenvalue weighted by atomic mass is 19.2. The highest BCUT2D eigenvalue weighted by molar-refractivity contribution is 5.71. The van der Waals surface area contributed by atoms with Gasteiger partial charge in [-0.1, -0.05) is 18.2 Å². The monoisotopic (exact) mass is 328 g/mol.